The standard InChI is InChI=1S/C15H19NO3/c1-3-16(12-8-9-12)15(18)10-19-14-7-5-4-6-13(14)11(2)17/h4-7,12H,3,8-10H2,1-2H3. The summed E-state index contributed by atoms with van der Waals surface area (Å²) in [6.07, 6.45) is 2.17. The molecule has 0 N–H and O–H groups in total. The molecule has 0 spiro atoms. The normalized spacial score (nSPS) is 14.0. The van der Waals surface area contributed by atoms with Gasteiger partial charge in [-0.05, 0) is 38.8 Å². The maximum atomic E-state index is 12.0. The van der Waals surface area contributed by atoms with E-state index in [0.29, 0.717) is 23.9 Å². The molecule has 2 rings (SSSR count). The van der Waals surface area contributed by atoms with E-state index < -0.39 is 0 Å². The average Bonchev–Trinajstić information content (AvgIpc) is 3.22. The minimum atomic E-state index is -0.0578. The van der Waals surface area contributed by atoms with Crippen molar-refractivity contribution in [3.63, 3.8) is 0 Å². The third-order valence-corrected chi connectivity index (χ3v) is 3.27. The second-order valence-corrected chi connectivity index (χ2v) is 4.75. The highest BCUT2D eigenvalue weighted by atomic mass is 16.5. The summed E-state index contributed by atoms with van der Waals surface area (Å²) in [6.45, 7) is 4.17. The van der Waals surface area contributed by atoms with Gasteiger partial charge >= 0.3 is 0 Å². The minimum absolute atomic E-state index is 0.00532. The van der Waals surface area contributed by atoms with Gasteiger partial charge in [0.25, 0.3) is 5.91 Å². The molecule has 1 aromatic rings. The van der Waals surface area contributed by atoms with Gasteiger partial charge in [0, 0.05) is 12.6 Å². The van der Waals surface area contributed by atoms with Crippen LogP contribution in [-0.4, -0.2) is 35.8 Å². The predicted octanol–water partition coefficient (Wildman–Crippen LogP) is 2.28. The van der Waals surface area contributed by atoms with E-state index in [-0.39, 0.29) is 18.3 Å². The summed E-state index contributed by atoms with van der Waals surface area (Å²) in [4.78, 5) is 25.3. The summed E-state index contributed by atoms with van der Waals surface area (Å²) in [7, 11) is 0. The molecule has 1 amide bonds. The number of ether oxygens (including phenoxy) is 1. The lowest BCUT2D eigenvalue weighted by molar-refractivity contribution is -0.133. The fourth-order valence-corrected chi connectivity index (χ4v) is 2.13. The van der Waals surface area contributed by atoms with Crippen molar-refractivity contribution < 1.29 is 14.3 Å². The van der Waals surface area contributed by atoms with Crippen molar-refractivity contribution >= 4 is 11.7 Å². The Kier molecular flexibility index (Phi) is 4.20. The number of amides is 1. The van der Waals surface area contributed by atoms with E-state index in [0.717, 1.165) is 12.8 Å². The lowest BCUT2D eigenvalue weighted by Gasteiger charge is -2.20. The molecular weight excluding hydrogens is 242 g/mol. The van der Waals surface area contributed by atoms with Gasteiger partial charge in [0.1, 0.15) is 5.75 Å². The van der Waals surface area contributed by atoms with Crippen LogP contribution in [0.15, 0.2) is 24.3 Å². The first kappa shape index (κ1) is 13.6. The van der Waals surface area contributed by atoms with Crippen LogP contribution in [0, 0.1) is 0 Å². The Hall–Kier alpha value is -1.84. The Morgan fingerprint density at radius 3 is 2.58 bits per heavy atom. The van der Waals surface area contributed by atoms with Crippen molar-refractivity contribution in [1.82, 2.24) is 4.90 Å². The third-order valence-electron chi connectivity index (χ3n) is 3.27. The summed E-state index contributed by atoms with van der Waals surface area (Å²) in [5.41, 5.74) is 0.518. The molecule has 1 aliphatic rings. The summed E-state index contributed by atoms with van der Waals surface area (Å²) < 4.78 is 5.51. The van der Waals surface area contributed by atoms with Crippen LogP contribution >= 0.6 is 0 Å². The highest BCUT2D eigenvalue weighted by Crippen LogP contribution is 2.26. The van der Waals surface area contributed by atoms with Crippen LogP contribution in [0.2, 0.25) is 0 Å². The van der Waals surface area contributed by atoms with Crippen LogP contribution in [0.1, 0.15) is 37.0 Å². The van der Waals surface area contributed by atoms with Crippen LogP contribution in [-0.2, 0) is 4.79 Å². The number of hydrogen-bond donors (Lipinski definition) is 0. The number of carbonyl (C=O) groups excluding carboxylic acids is 2. The maximum Gasteiger partial charge on any atom is 0.260 e. The van der Waals surface area contributed by atoms with Crippen LogP contribution in [0.4, 0.5) is 0 Å². The van der Waals surface area contributed by atoms with E-state index >= 15 is 0 Å². The number of nitrogens with zero attached hydrogens (tertiary/aromatic N) is 1. The van der Waals surface area contributed by atoms with Crippen molar-refractivity contribution in [3.05, 3.63) is 29.8 Å². The van der Waals surface area contributed by atoms with Gasteiger partial charge in [-0.15, -0.1) is 0 Å². The van der Waals surface area contributed by atoms with Gasteiger partial charge in [0.05, 0.1) is 5.56 Å². The van der Waals surface area contributed by atoms with E-state index in [1.165, 1.54) is 6.92 Å². The molecule has 1 fully saturated rings. The molecule has 0 heterocycles. The number of rotatable bonds is 6. The number of hydrogen-bond acceptors (Lipinski definition) is 3. The van der Waals surface area contributed by atoms with Crippen LogP contribution in [0.3, 0.4) is 0 Å². The van der Waals surface area contributed by atoms with Crippen molar-refractivity contribution in [2.45, 2.75) is 32.7 Å². The molecule has 102 valence electrons. The summed E-state index contributed by atoms with van der Waals surface area (Å²) in [6, 6.07) is 7.40. The zero-order valence-electron chi connectivity index (χ0n) is 11.4. The monoisotopic (exact) mass is 261 g/mol. The molecule has 4 heteroatoms. The number of para-hydroxylation sites is 1. The molecule has 0 saturated heterocycles. The Labute approximate surface area is 113 Å². The maximum absolute atomic E-state index is 12.0. The van der Waals surface area contributed by atoms with Gasteiger partial charge in [0.2, 0.25) is 0 Å². The van der Waals surface area contributed by atoms with E-state index in [1.54, 1.807) is 24.3 Å². The number of carbonyl (C=O) groups is 2. The van der Waals surface area contributed by atoms with Crippen molar-refractivity contribution in [3.8, 4) is 5.75 Å². The number of ketones is 1. The Balaban J connectivity index is 1.98. The third kappa shape index (κ3) is 3.34. The highest BCUT2D eigenvalue weighted by molar-refractivity contribution is 5.96. The second-order valence-electron chi connectivity index (χ2n) is 4.75. The van der Waals surface area contributed by atoms with Gasteiger partial charge in [-0.25, -0.2) is 0 Å². The first-order valence-corrected chi connectivity index (χ1v) is 6.65. The van der Waals surface area contributed by atoms with Gasteiger partial charge in [-0.2, -0.15) is 0 Å². The second kappa shape index (κ2) is 5.87. The Bertz CT molecular complexity index is 480. The molecule has 1 aliphatic carbocycles. The molecule has 1 aromatic carbocycles. The molecule has 0 atom stereocenters. The highest BCUT2D eigenvalue weighted by Gasteiger charge is 2.31. The van der Waals surface area contributed by atoms with Crippen LogP contribution in [0.5, 0.6) is 5.75 Å². The van der Waals surface area contributed by atoms with Gasteiger partial charge < -0.3 is 9.64 Å². The van der Waals surface area contributed by atoms with Gasteiger partial charge in [-0.1, -0.05) is 12.1 Å². The van der Waals surface area contributed by atoms with Crippen LogP contribution < -0.4 is 4.74 Å². The molecule has 0 radical (unpaired) electrons. The summed E-state index contributed by atoms with van der Waals surface area (Å²) in [5.74, 6) is 0.413. The van der Waals surface area contributed by atoms with Crippen molar-refractivity contribution in [2.75, 3.05) is 13.2 Å². The molecule has 0 unspecified atom stereocenters. The number of Topliss-reactive ketones (excluding diaryl/α,β-unsaturated/α-hetero) is 1. The van der Waals surface area contributed by atoms with Crippen molar-refractivity contribution in [1.29, 1.82) is 0 Å². The summed E-state index contributed by atoms with van der Waals surface area (Å²) in [5, 5.41) is 0. The number of likely N-dealkylation sites (N-methyl/N-ethyl adjacent to an activating group) is 1. The fraction of sp³-hybridized carbons (Fsp3) is 0.467. The van der Waals surface area contributed by atoms with Gasteiger partial charge in [0.15, 0.2) is 12.4 Å². The van der Waals surface area contributed by atoms with Crippen LogP contribution in [0.25, 0.3) is 0 Å². The lowest BCUT2D eigenvalue weighted by Crippen LogP contribution is -2.36. The lowest BCUT2D eigenvalue weighted by atomic mass is 10.1. The quantitative estimate of drug-likeness (QED) is 0.738. The van der Waals surface area contributed by atoms with E-state index in [4.69, 9.17) is 4.74 Å². The van der Waals surface area contributed by atoms with Gasteiger partial charge in [-0.3, -0.25) is 9.59 Å². The van der Waals surface area contributed by atoms with E-state index in [2.05, 4.69) is 0 Å². The van der Waals surface area contributed by atoms with Crippen molar-refractivity contribution in [2.24, 2.45) is 0 Å². The molecule has 1 saturated carbocycles. The first-order chi connectivity index (χ1) is 9.13. The molecule has 19 heavy (non-hydrogen) atoms. The SMILES string of the molecule is CCN(C(=O)COc1ccccc1C(C)=O)C1CC1. The molecular formula is C15H19NO3. The minimum Gasteiger partial charge on any atom is -0.483 e. The zero-order valence-corrected chi connectivity index (χ0v) is 11.4. The first-order valence-electron chi connectivity index (χ1n) is 6.65. The molecule has 0 aliphatic heterocycles. The fourth-order valence-electron chi connectivity index (χ4n) is 2.13. The van der Waals surface area contributed by atoms with E-state index in [9.17, 15) is 9.59 Å². The Morgan fingerprint density at radius 1 is 1.32 bits per heavy atom. The zero-order chi connectivity index (χ0) is 13.8. The topological polar surface area (TPSA) is 46.6 Å². The molecule has 0 bridgehead atoms. The Morgan fingerprint density at radius 2 is 2.00 bits per heavy atom. The number of benzene rings is 1. The molecule has 4 nitrogen and oxygen atoms in total. The average molecular weight is 261 g/mol. The summed E-state index contributed by atoms with van der Waals surface area (Å²) >= 11 is 0. The van der Waals surface area contributed by atoms with E-state index in [1.807, 2.05) is 11.8 Å². The molecule has 0 aromatic heterocycles. The largest absolute Gasteiger partial charge is 0.483 e. The smallest absolute Gasteiger partial charge is 0.260 e. The predicted molar refractivity (Wildman–Crippen MR) is 72.4 cm³/mol.